The van der Waals surface area contributed by atoms with Gasteiger partial charge in [-0.1, -0.05) is 18.2 Å². The molecule has 19 heavy (non-hydrogen) atoms. The Bertz CT molecular complexity index is 551. The molecule has 0 aliphatic rings. The molecule has 6 heteroatoms. The molecule has 0 unspecified atom stereocenters. The largest absolute Gasteiger partial charge is 0.473 e. The zero-order valence-corrected chi connectivity index (χ0v) is 9.62. The van der Waals surface area contributed by atoms with Crippen molar-refractivity contribution in [3.63, 3.8) is 0 Å². The number of nitrogens with zero attached hydrogens (tertiary/aromatic N) is 1. The van der Waals surface area contributed by atoms with Gasteiger partial charge in [-0.3, -0.25) is 0 Å². The first kappa shape index (κ1) is 13.3. The standard InChI is InChI=1S/C13H9F4NO/c14-10-6-4-9(5-7-10)8-19-12-3-1-2-11(18-12)13(15,16)17/h1-7H,8H2. The van der Waals surface area contributed by atoms with E-state index in [2.05, 4.69) is 4.98 Å². The highest BCUT2D eigenvalue weighted by Crippen LogP contribution is 2.28. The summed E-state index contributed by atoms with van der Waals surface area (Å²) in [7, 11) is 0. The molecule has 0 aliphatic carbocycles. The van der Waals surface area contributed by atoms with E-state index < -0.39 is 11.9 Å². The third-order valence-electron chi connectivity index (χ3n) is 2.31. The number of rotatable bonds is 3. The normalized spacial score (nSPS) is 11.4. The van der Waals surface area contributed by atoms with E-state index in [9.17, 15) is 17.6 Å². The van der Waals surface area contributed by atoms with Crippen molar-refractivity contribution >= 4 is 0 Å². The predicted molar refractivity (Wildman–Crippen MR) is 60.0 cm³/mol. The molecule has 2 nitrogen and oxygen atoms in total. The lowest BCUT2D eigenvalue weighted by Gasteiger charge is -2.09. The predicted octanol–water partition coefficient (Wildman–Crippen LogP) is 3.82. The maximum absolute atomic E-state index is 12.7. The molecule has 0 aliphatic heterocycles. The van der Waals surface area contributed by atoms with Crippen LogP contribution in [0.4, 0.5) is 17.6 Å². The van der Waals surface area contributed by atoms with Crippen LogP contribution in [-0.2, 0) is 12.8 Å². The number of aromatic nitrogens is 1. The average molecular weight is 271 g/mol. The Morgan fingerprint density at radius 1 is 1.00 bits per heavy atom. The quantitative estimate of drug-likeness (QED) is 0.792. The summed E-state index contributed by atoms with van der Waals surface area (Å²) in [6, 6.07) is 8.89. The summed E-state index contributed by atoms with van der Waals surface area (Å²) < 4.78 is 55.0. The molecule has 0 N–H and O–H groups in total. The second-order valence-electron chi connectivity index (χ2n) is 3.77. The molecule has 1 heterocycles. The van der Waals surface area contributed by atoms with Crippen LogP contribution in [0.1, 0.15) is 11.3 Å². The third kappa shape index (κ3) is 3.67. The summed E-state index contributed by atoms with van der Waals surface area (Å²) in [5, 5.41) is 0. The van der Waals surface area contributed by atoms with Crippen molar-refractivity contribution in [2.75, 3.05) is 0 Å². The Morgan fingerprint density at radius 3 is 2.32 bits per heavy atom. The first-order valence-electron chi connectivity index (χ1n) is 5.36. The van der Waals surface area contributed by atoms with Crippen LogP contribution in [0.5, 0.6) is 5.88 Å². The first-order chi connectivity index (χ1) is 8.95. The fourth-order valence-corrected chi connectivity index (χ4v) is 1.39. The number of alkyl halides is 3. The molecule has 100 valence electrons. The Hall–Kier alpha value is -2.11. The van der Waals surface area contributed by atoms with Crippen LogP contribution >= 0.6 is 0 Å². The second kappa shape index (κ2) is 5.26. The molecule has 0 fully saturated rings. The molecule has 2 rings (SSSR count). The molecule has 2 aromatic rings. The van der Waals surface area contributed by atoms with Crippen LogP contribution in [0.25, 0.3) is 0 Å². The SMILES string of the molecule is Fc1ccc(COc2cccc(C(F)(F)F)n2)cc1. The van der Waals surface area contributed by atoms with Crippen LogP contribution in [0.15, 0.2) is 42.5 Å². The minimum Gasteiger partial charge on any atom is -0.473 e. The summed E-state index contributed by atoms with van der Waals surface area (Å²) in [5.41, 5.74) is -0.371. The lowest BCUT2D eigenvalue weighted by atomic mass is 10.2. The highest BCUT2D eigenvalue weighted by molar-refractivity contribution is 5.19. The maximum atomic E-state index is 12.7. The lowest BCUT2D eigenvalue weighted by Crippen LogP contribution is -2.08. The molecule has 0 saturated heterocycles. The van der Waals surface area contributed by atoms with Crippen LogP contribution in [0, 0.1) is 5.82 Å². The number of halogens is 4. The van der Waals surface area contributed by atoms with Crippen molar-refractivity contribution in [2.45, 2.75) is 12.8 Å². The molecule has 1 aromatic heterocycles. The van der Waals surface area contributed by atoms with Gasteiger partial charge in [0.05, 0.1) is 0 Å². The van der Waals surface area contributed by atoms with Crippen LogP contribution in [-0.4, -0.2) is 4.98 Å². The fraction of sp³-hybridized carbons (Fsp3) is 0.154. The number of hydrogen-bond acceptors (Lipinski definition) is 2. The van der Waals surface area contributed by atoms with E-state index in [1.165, 1.54) is 36.4 Å². The number of benzene rings is 1. The van der Waals surface area contributed by atoms with Crippen molar-refractivity contribution in [1.82, 2.24) is 4.98 Å². The van der Waals surface area contributed by atoms with E-state index in [1.54, 1.807) is 0 Å². The third-order valence-corrected chi connectivity index (χ3v) is 2.31. The monoisotopic (exact) mass is 271 g/mol. The highest BCUT2D eigenvalue weighted by Gasteiger charge is 2.32. The van der Waals surface area contributed by atoms with Gasteiger partial charge in [-0.25, -0.2) is 9.37 Å². The molecule has 0 amide bonds. The molecule has 0 radical (unpaired) electrons. The molecule has 0 bridgehead atoms. The van der Waals surface area contributed by atoms with Crippen LogP contribution in [0.2, 0.25) is 0 Å². The minimum absolute atomic E-state index is 0.0224. The van der Waals surface area contributed by atoms with Gasteiger partial charge in [0.25, 0.3) is 0 Å². The van der Waals surface area contributed by atoms with Gasteiger partial charge in [-0.05, 0) is 23.8 Å². The van der Waals surface area contributed by atoms with E-state index in [-0.39, 0.29) is 18.3 Å². The van der Waals surface area contributed by atoms with E-state index in [1.807, 2.05) is 0 Å². The summed E-state index contributed by atoms with van der Waals surface area (Å²) in [5.74, 6) is -0.514. The van der Waals surface area contributed by atoms with Gasteiger partial charge in [0.15, 0.2) is 0 Å². The number of hydrogen-bond donors (Lipinski definition) is 0. The summed E-state index contributed by atoms with van der Waals surface area (Å²) >= 11 is 0. The Labute approximate surface area is 106 Å². The Balaban J connectivity index is 2.05. The smallest absolute Gasteiger partial charge is 0.433 e. The van der Waals surface area contributed by atoms with E-state index in [4.69, 9.17) is 4.74 Å². The highest BCUT2D eigenvalue weighted by atomic mass is 19.4. The van der Waals surface area contributed by atoms with Gasteiger partial charge in [0.1, 0.15) is 18.1 Å². The van der Waals surface area contributed by atoms with Crippen molar-refractivity contribution in [1.29, 1.82) is 0 Å². The second-order valence-corrected chi connectivity index (χ2v) is 3.77. The van der Waals surface area contributed by atoms with Gasteiger partial charge in [-0.2, -0.15) is 13.2 Å². The topological polar surface area (TPSA) is 22.1 Å². The van der Waals surface area contributed by atoms with Crippen molar-refractivity contribution < 1.29 is 22.3 Å². The zero-order valence-electron chi connectivity index (χ0n) is 9.62. The number of ether oxygens (including phenoxy) is 1. The lowest BCUT2D eigenvalue weighted by molar-refractivity contribution is -0.141. The van der Waals surface area contributed by atoms with Gasteiger partial charge in [-0.15, -0.1) is 0 Å². The van der Waals surface area contributed by atoms with Gasteiger partial charge in [0, 0.05) is 6.07 Å². The van der Waals surface area contributed by atoms with Crippen molar-refractivity contribution in [2.24, 2.45) is 0 Å². The zero-order chi connectivity index (χ0) is 13.9. The van der Waals surface area contributed by atoms with Gasteiger partial charge < -0.3 is 4.74 Å². The molecular weight excluding hydrogens is 262 g/mol. The van der Waals surface area contributed by atoms with E-state index in [0.29, 0.717) is 5.56 Å². The number of pyridine rings is 1. The maximum Gasteiger partial charge on any atom is 0.433 e. The van der Waals surface area contributed by atoms with Gasteiger partial charge >= 0.3 is 6.18 Å². The first-order valence-corrected chi connectivity index (χ1v) is 5.36. The summed E-state index contributed by atoms with van der Waals surface area (Å²) in [6.07, 6.45) is -4.50. The minimum atomic E-state index is -4.50. The average Bonchev–Trinajstić information content (AvgIpc) is 2.37. The molecule has 0 saturated carbocycles. The molecule has 0 atom stereocenters. The van der Waals surface area contributed by atoms with Crippen molar-refractivity contribution in [3.8, 4) is 5.88 Å². The summed E-state index contributed by atoms with van der Waals surface area (Å²) in [4.78, 5) is 3.36. The fourth-order valence-electron chi connectivity index (χ4n) is 1.39. The van der Waals surface area contributed by atoms with Crippen LogP contribution < -0.4 is 4.74 Å². The van der Waals surface area contributed by atoms with E-state index in [0.717, 1.165) is 6.07 Å². The Kier molecular flexibility index (Phi) is 3.69. The van der Waals surface area contributed by atoms with Crippen molar-refractivity contribution in [3.05, 3.63) is 59.5 Å². The Morgan fingerprint density at radius 2 is 1.68 bits per heavy atom. The summed E-state index contributed by atoms with van der Waals surface area (Å²) in [6.45, 7) is 0.0224. The molecule has 0 spiro atoms. The van der Waals surface area contributed by atoms with Crippen LogP contribution in [0.3, 0.4) is 0 Å². The molecular formula is C13H9F4NO. The molecule has 1 aromatic carbocycles. The van der Waals surface area contributed by atoms with E-state index >= 15 is 0 Å². The van der Waals surface area contributed by atoms with Gasteiger partial charge in [0.2, 0.25) is 5.88 Å².